The molecular formula is C23H39IN4O2. The van der Waals surface area contributed by atoms with Crippen molar-refractivity contribution in [1.82, 2.24) is 15.1 Å². The van der Waals surface area contributed by atoms with Crippen molar-refractivity contribution in [3.8, 4) is 5.75 Å². The molecule has 2 saturated heterocycles. The Morgan fingerprint density at radius 3 is 2.43 bits per heavy atom. The van der Waals surface area contributed by atoms with Gasteiger partial charge in [-0.25, -0.2) is 0 Å². The Hall–Kier alpha value is -1.06. The van der Waals surface area contributed by atoms with E-state index in [1.807, 2.05) is 19.1 Å². The zero-order valence-electron chi connectivity index (χ0n) is 18.9. The van der Waals surface area contributed by atoms with E-state index in [4.69, 9.17) is 14.5 Å². The van der Waals surface area contributed by atoms with Crippen LogP contribution >= 0.6 is 24.0 Å². The van der Waals surface area contributed by atoms with E-state index in [-0.39, 0.29) is 29.5 Å². The zero-order valence-corrected chi connectivity index (χ0v) is 21.2. The van der Waals surface area contributed by atoms with Gasteiger partial charge in [-0.2, -0.15) is 0 Å². The maximum absolute atomic E-state index is 5.68. The summed E-state index contributed by atoms with van der Waals surface area (Å²) in [5.41, 5.74) is 1.41. The van der Waals surface area contributed by atoms with Crippen molar-refractivity contribution in [2.24, 2.45) is 4.99 Å². The smallest absolute Gasteiger partial charge is 0.194 e. The summed E-state index contributed by atoms with van der Waals surface area (Å²) < 4.78 is 11.2. The lowest BCUT2D eigenvalue weighted by Gasteiger charge is -2.43. The molecule has 7 heteroatoms. The second-order valence-electron chi connectivity index (χ2n) is 8.13. The number of rotatable bonds is 8. The van der Waals surface area contributed by atoms with Crippen LogP contribution in [-0.2, 0) is 11.3 Å². The predicted molar refractivity (Wildman–Crippen MR) is 134 cm³/mol. The van der Waals surface area contributed by atoms with Crippen molar-refractivity contribution in [2.45, 2.75) is 51.6 Å². The lowest BCUT2D eigenvalue weighted by atomic mass is 9.88. The third-order valence-corrected chi connectivity index (χ3v) is 6.07. The highest BCUT2D eigenvalue weighted by Crippen LogP contribution is 2.31. The molecule has 0 saturated carbocycles. The highest BCUT2D eigenvalue weighted by atomic mass is 127. The lowest BCUT2D eigenvalue weighted by Crippen LogP contribution is -2.54. The van der Waals surface area contributed by atoms with Gasteiger partial charge in [0, 0.05) is 38.9 Å². The first-order valence-corrected chi connectivity index (χ1v) is 11.2. The van der Waals surface area contributed by atoms with Crippen LogP contribution in [0.15, 0.2) is 29.3 Å². The Morgan fingerprint density at radius 1 is 1.17 bits per heavy atom. The summed E-state index contributed by atoms with van der Waals surface area (Å²) in [5.74, 6) is 1.90. The third-order valence-electron chi connectivity index (χ3n) is 6.07. The van der Waals surface area contributed by atoms with Crippen LogP contribution in [0.3, 0.4) is 0 Å². The van der Waals surface area contributed by atoms with Gasteiger partial charge in [0.2, 0.25) is 0 Å². The molecule has 1 aromatic carbocycles. The minimum absolute atomic E-state index is 0. The molecule has 0 atom stereocenters. The molecule has 1 N–H and O–H groups in total. The second kappa shape index (κ2) is 12.7. The number of hydrogen-bond acceptors (Lipinski definition) is 4. The number of aliphatic imine (C=N–C) groups is 1. The highest BCUT2D eigenvalue weighted by molar-refractivity contribution is 14.0. The van der Waals surface area contributed by atoms with Gasteiger partial charge in [0.05, 0.1) is 13.2 Å². The average Bonchev–Trinajstić information content (AvgIpc) is 3.29. The average molecular weight is 530 g/mol. The van der Waals surface area contributed by atoms with E-state index in [0.29, 0.717) is 6.61 Å². The van der Waals surface area contributed by atoms with Gasteiger partial charge >= 0.3 is 0 Å². The van der Waals surface area contributed by atoms with Gasteiger partial charge < -0.3 is 19.7 Å². The monoisotopic (exact) mass is 530 g/mol. The molecule has 2 aliphatic heterocycles. The van der Waals surface area contributed by atoms with Gasteiger partial charge in [0.15, 0.2) is 5.96 Å². The number of guanidine groups is 1. The standard InChI is InChI=1S/C23H38N4O2.HI/c1-4-24-22(26(3)18-20-8-10-21(11-9-20)29-5-2)25-19-23(12-16-28-17-13-23)27-14-6-7-15-27;/h8-11H,4-7,12-19H2,1-3H3,(H,24,25);1H. The van der Waals surface area contributed by atoms with Crippen molar-refractivity contribution < 1.29 is 9.47 Å². The molecule has 0 aliphatic carbocycles. The Labute approximate surface area is 199 Å². The fourth-order valence-corrected chi connectivity index (χ4v) is 4.42. The van der Waals surface area contributed by atoms with Gasteiger partial charge in [-0.05, 0) is 70.3 Å². The van der Waals surface area contributed by atoms with Crippen LogP contribution in [0.1, 0.15) is 45.1 Å². The van der Waals surface area contributed by atoms with E-state index in [1.165, 1.54) is 31.5 Å². The van der Waals surface area contributed by atoms with Crippen molar-refractivity contribution in [3.05, 3.63) is 29.8 Å². The highest BCUT2D eigenvalue weighted by Gasteiger charge is 2.39. The number of likely N-dealkylation sites (tertiary alicyclic amines) is 1. The molecule has 1 aromatic rings. The Balaban J connectivity index is 0.00000320. The Bertz CT molecular complexity index is 641. The predicted octanol–water partition coefficient (Wildman–Crippen LogP) is 3.75. The first kappa shape index (κ1) is 25.2. The number of nitrogens with zero attached hydrogens (tertiary/aromatic N) is 3. The second-order valence-corrected chi connectivity index (χ2v) is 8.13. The first-order chi connectivity index (χ1) is 14.2. The van der Waals surface area contributed by atoms with Gasteiger partial charge in [0.1, 0.15) is 5.75 Å². The molecule has 0 aromatic heterocycles. The van der Waals surface area contributed by atoms with Crippen LogP contribution in [0.2, 0.25) is 0 Å². The van der Waals surface area contributed by atoms with Crippen LogP contribution in [0, 0.1) is 0 Å². The van der Waals surface area contributed by atoms with Gasteiger partial charge in [-0.3, -0.25) is 9.89 Å². The van der Waals surface area contributed by atoms with Crippen LogP contribution in [0.4, 0.5) is 0 Å². The molecule has 170 valence electrons. The van der Waals surface area contributed by atoms with Crippen molar-refractivity contribution >= 4 is 29.9 Å². The fourth-order valence-electron chi connectivity index (χ4n) is 4.42. The summed E-state index contributed by atoms with van der Waals surface area (Å²) in [5, 5.41) is 3.48. The summed E-state index contributed by atoms with van der Waals surface area (Å²) in [4.78, 5) is 10.0. The molecule has 2 fully saturated rings. The van der Waals surface area contributed by atoms with E-state index in [0.717, 1.165) is 57.4 Å². The maximum Gasteiger partial charge on any atom is 0.194 e. The van der Waals surface area contributed by atoms with E-state index in [9.17, 15) is 0 Å². The number of ether oxygens (including phenoxy) is 2. The number of nitrogens with one attached hydrogen (secondary N) is 1. The van der Waals surface area contributed by atoms with E-state index in [1.54, 1.807) is 0 Å². The topological polar surface area (TPSA) is 49.3 Å². The van der Waals surface area contributed by atoms with Crippen LogP contribution in [0.25, 0.3) is 0 Å². The molecule has 0 radical (unpaired) electrons. The minimum Gasteiger partial charge on any atom is -0.494 e. The van der Waals surface area contributed by atoms with Gasteiger partial charge in [0.25, 0.3) is 0 Å². The normalized spacial score (nSPS) is 19.2. The van der Waals surface area contributed by atoms with Crippen molar-refractivity contribution in [2.75, 3.05) is 53.0 Å². The van der Waals surface area contributed by atoms with E-state index in [2.05, 4.69) is 41.2 Å². The first-order valence-electron chi connectivity index (χ1n) is 11.2. The minimum atomic E-state index is 0. The largest absolute Gasteiger partial charge is 0.494 e. The molecule has 0 unspecified atom stereocenters. The summed E-state index contributed by atoms with van der Waals surface area (Å²) >= 11 is 0. The van der Waals surface area contributed by atoms with Gasteiger partial charge in [-0.1, -0.05) is 12.1 Å². The Morgan fingerprint density at radius 2 is 1.83 bits per heavy atom. The molecule has 0 amide bonds. The summed E-state index contributed by atoms with van der Waals surface area (Å²) in [6.07, 6.45) is 4.78. The Kier molecular flexibility index (Phi) is 10.7. The molecule has 0 spiro atoms. The molecule has 3 rings (SSSR count). The summed E-state index contributed by atoms with van der Waals surface area (Å²) in [6.45, 7) is 11.5. The molecule has 30 heavy (non-hydrogen) atoms. The molecule has 6 nitrogen and oxygen atoms in total. The lowest BCUT2D eigenvalue weighted by molar-refractivity contribution is -0.0139. The SMILES string of the molecule is CCNC(=NCC1(N2CCCC2)CCOCC1)N(C)Cc1ccc(OCC)cc1.I. The summed E-state index contributed by atoms with van der Waals surface area (Å²) in [7, 11) is 2.12. The van der Waals surface area contributed by atoms with E-state index >= 15 is 0 Å². The van der Waals surface area contributed by atoms with Crippen LogP contribution < -0.4 is 10.1 Å². The molecule has 2 aliphatic rings. The van der Waals surface area contributed by atoms with E-state index < -0.39 is 0 Å². The fraction of sp³-hybridized carbons (Fsp3) is 0.696. The van der Waals surface area contributed by atoms with Gasteiger partial charge in [-0.15, -0.1) is 24.0 Å². The van der Waals surface area contributed by atoms with Crippen molar-refractivity contribution in [3.63, 3.8) is 0 Å². The number of benzene rings is 1. The number of halogens is 1. The van der Waals surface area contributed by atoms with Crippen LogP contribution in [0.5, 0.6) is 5.75 Å². The van der Waals surface area contributed by atoms with Crippen molar-refractivity contribution in [1.29, 1.82) is 0 Å². The quantitative estimate of drug-likeness (QED) is 0.315. The zero-order chi connectivity index (χ0) is 20.5. The molecule has 0 bridgehead atoms. The van der Waals surface area contributed by atoms with Crippen LogP contribution in [-0.4, -0.2) is 74.3 Å². The molecular weight excluding hydrogens is 491 g/mol. The summed E-state index contributed by atoms with van der Waals surface area (Å²) in [6, 6.07) is 8.35. The maximum atomic E-state index is 5.68. The number of hydrogen-bond donors (Lipinski definition) is 1. The molecule has 2 heterocycles. The third kappa shape index (κ3) is 6.72.